The maximum Gasteiger partial charge on any atom is 0.407 e. The first-order valence-electron chi connectivity index (χ1n) is 12.1. The lowest BCUT2D eigenvalue weighted by atomic mass is 9.98. The SMILES string of the molecule is CCC(CNC(=O)OCC1c2ccccc2-c2ccccc21)C(=O)N1CCCC1CCC(=O)O. The highest BCUT2D eigenvalue weighted by Crippen LogP contribution is 2.44. The van der Waals surface area contributed by atoms with Gasteiger partial charge in [-0.25, -0.2) is 4.79 Å². The Hall–Kier alpha value is -3.35. The van der Waals surface area contributed by atoms with Crippen LogP contribution < -0.4 is 5.32 Å². The summed E-state index contributed by atoms with van der Waals surface area (Å²) in [6.07, 6.45) is 2.30. The first-order valence-corrected chi connectivity index (χ1v) is 12.1. The number of amides is 2. The summed E-state index contributed by atoms with van der Waals surface area (Å²) in [7, 11) is 0. The molecule has 34 heavy (non-hydrogen) atoms. The molecule has 7 nitrogen and oxygen atoms in total. The Labute approximate surface area is 200 Å². The van der Waals surface area contributed by atoms with Crippen LogP contribution in [0.2, 0.25) is 0 Å². The fraction of sp³-hybridized carbons (Fsp3) is 0.444. The van der Waals surface area contributed by atoms with E-state index >= 15 is 0 Å². The molecule has 1 heterocycles. The number of carboxylic acids is 1. The number of nitrogens with one attached hydrogen (secondary N) is 1. The van der Waals surface area contributed by atoms with E-state index < -0.39 is 12.1 Å². The molecular weight excluding hydrogens is 432 g/mol. The average Bonchev–Trinajstić information content (AvgIpc) is 3.44. The number of ether oxygens (including phenoxy) is 1. The number of likely N-dealkylation sites (tertiary alicyclic amines) is 1. The van der Waals surface area contributed by atoms with Crippen molar-refractivity contribution in [1.29, 1.82) is 0 Å². The van der Waals surface area contributed by atoms with Gasteiger partial charge in [0.2, 0.25) is 5.91 Å². The van der Waals surface area contributed by atoms with Gasteiger partial charge < -0.3 is 20.1 Å². The van der Waals surface area contributed by atoms with Crippen molar-refractivity contribution in [1.82, 2.24) is 10.2 Å². The standard InChI is InChI=1S/C27H32N2O5/c1-2-18(26(32)29-15-7-8-19(29)13-14-25(30)31)16-28-27(33)34-17-24-22-11-5-3-9-20(22)21-10-4-6-12-23(21)24/h3-6,9-12,18-19,24H,2,7-8,13-17H2,1H3,(H,28,33)(H,30,31). The third-order valence-electron chi connectivity index (χ3n) is 7.03. The van der Waals surface area contributed by atoms with E-state index in [0.29, 0.717) is 19.4 Å². The second kappa shape index (κ2) is 10.7. The van der Waals surface area contributed by atoms with Gasteiger partial charge in [-0.15, -0.1) is 0 Å². The molecule has 1 aliphatic heterocycles. The van der Waals surface area contributed by atoms with E-state index in [1.807, 2.05) is 31.2 Å². The molecule has 0 radical (unpaired) electrons. The summed E-state index contributed by atoms with van der Waals surface area (Å²) in [6, 6.07) is 16.3. The van der Waals surface area contributed by atoms with Crippen molar-refractivity contribution in [2.24, 2.45) is 5.92 Å². The van der Waals surface area contributed by atoms with Crippen LogP contribution in [0.5, 0.6) is 0 Å². The second-order valence-electron chi connectivity index (χ2n) is 9.07. The van der Waals surface area contributed by atoms with Gasteiger partial charge in [-0.1, -0.05) is 55.5 Å². The average molecular weight is 465 g/mol. The van der Waals surface area contributed by atoms with E-state index in [2.05, 4.69) is 29.6 Å². The molecule has 2 aliphatic rings. The molecule has 2 aromatic rings. The van der Waals surface area contributed by atoms with Crippen LogP contribution in [0.4, 0.5) is 4.79 Å². The molecule has 2 atom stereocenters. The summed E-state index contributed by atoms with van der Waals surface area (Å²) in [4.78, 5) is 38.3. The molecule has 0 saturated carbocycles. The number of rotatable bonds is 9. The summed E-state index contributed by atoms with van der Waals surface area (Å²) in [6.45, 7) is 3.00. The van der Waals surface area contributed by atoms with Gasteiger partial charge in [0, 0.05) is 31.5 Å². The fourth-order valence-corrected chi connectivity index (χ4v) is 5.21. The van der Waals surface area contributed by atoms with Crippen molar-refractivity contribution in [2.45, 2.75) is 51.0 Å². The van der Waals surface area contributed by atoms with Crippen LogP contribution in [0.3, 0.4) is 0 Å². The minimum absolute atomic E-state index is 0.0126. The molecule has 2 aromatic carbocycles. The van der Waals surface area contributed by atoms with Crippen molar-refractivity contribution < 1.29 is 24.2 Å². The molecule has 4 rings (SSSR count). The van der Waals surface area contributed by atoms with E-state index in [9.17, 15) is 14.4 Å². The van der Waals surface area contributed by atoms with Gasteiger partial charge >= 0.3 is 12.1 Å². The van der Waals surface area contributed by atoms with E-state index in [0.717, 1.165) is 24.0 Å². The van der Waals surface area contributed by atoms with Crippen LogP contribution in [0.25, 0.3) is 11.1 Å². The summed E-state index contributed by atoms with van der Waals surface area (Å²) in [5.74, 6) is -1.23. The van der Waals surface area contributed by atoms with E-state index in [1.165, 1.54) is 11.1 Å². The van der Waals surface area contributed by atoms with Crippen LogP contribution in [0.1, 0.15) is 56.1 Å². The quantitative estimate of drug-likeness (QED) is 0.573. The monoisotopic (exact) mass is 464 g/mol. The van der Waals surface area contributed by atoms with Crippen LogP contribution in [-0.4, -0.2) is 53.7 Å². The molecule has 2 unspecified atom stereocenters. The lowest BCUT2D eigenvalue weighted by molar-refractivity contribution is -0.140. The molecule has 0 bridgehead atoms. The summed E-state index contributed by atoms with van der Waals surface area (Å²) in [5.41, 5.74) is 4.65. The number of alkyl carbamates (subject to hydrolysis) is 1. The number of carbonyl (C=O) groups is 3. The van der Waals surface area contributed by atoms with Crippen molar-refractivity contribution >= 4 is 18.0 Å². The number of nitrogens with zero attached hydrogens (tertiary/aromatic N) is 1. The predicted molar refractivity (Wildman–Crippen MR) is 128 cm³/mol. The van der Waals surface area contributed by atoms with Crippen molar-refractivity contribution in [2.75, 3.05) is 19.7 Å². The van der Waals surface area contributed by atoms with Crippen molar-refractivity contribution in [3.63, 3.8) is 0 Å². The molecule has 0 spiro atoms. The van der Waals surface area contributed by atoms with Gasteiger partial charge in [-0.05, 0) is 47.9 Å². The molecule has 1 fully saturated rings. The Balaban J connectivity index is 1.31. The molecule has 180 valence electrons. The lowest BCUT2D eigenvalue weighted by Crippen LogP contribution is -2.43. The Morgan fingerprint density at radius 1 is 1.09 bits per heavy atom. The largest absolute Gasteiger partial charge is 0.481 e. The molecule has 1 aliphatic carbocycles. The number of aliphatic carboxylic acids is 1. The summed E-state index contributed by atoms with van der Waals surface area (Å²) >= 11 is 0. The second-order valence-corrected chi connectivity index (χ2v) is 9.07. The van der Waals surface area contributed by atoms with Gasteiger partial charge in [0.05, 0.1) is 5.92 Å². The molecule has 7 heteroatoms. The maximum absolute atomic E-state index is 13.1. The number of carboxylic acid groups (broad SMARTS) is 1. The summed E-state index contributed by atoms with van der Waals surface area (Å²) in [5, 5.41) is 11.7. The minimum Gasteiger partial charge on any atom is -0.481 e. The van der Waals surface area contributed by atoms with Gasteiger partial charge in [0.1, 0.15) is 6.61 Å². The number of benzene rings is 2. The van der Waals surface area contributed by atoms with Crippen molar-refractivity contribution in [3.05, 3.63) is 59.7 Å². The minimum atomic E-state index is -0.844. The fourth-order valence-electron chi connectivity index (χ4n) is 5.21. The topological polar surface area (TPSA) is 95.9 Å². The zero-order valence-electron chi connectivity index (χ0n) is 19.5. The molecule has 2 amide bonds. The third kappa shape index (κ3) is 5.08. The van der Waals surface area contributed by atoms with Gasteiger partial charge in [-0.2, -0.15) is 0 Å². The Morgan fingerprint density at radius 2 is 1.74 bits per heavy atom. The van der Waals surface area contributed by atoms with E-state index in [-0.39, 0.29) is 43.4 Å². The van der Waals surface area contributed by atoms with Gasteiger partial charge in [-0.3, -0.25) is 9.59 Å². The first kappa shape index (κ1) is 23.8. The maximum atomic E-state index is 13.1. The highest BCUT2D eigenvalue weighted by molar-refractivity contribution is 5.81. The highest BCUT2D eigenvalue weighted by Gasteiger charge is 2.33. The third-order valence-corrected chi connectivity index (χ3v) is 7.03. The van der Waals surface area contributed by atoms with Crippen LogP contribution in [0, 0.1) is 5.92 Å². The van der Waals surface area contributed by atoms with Crippen LogP contribution in [-0.2, 0) is 14.3 Å². The zero-order chi connectivity index (χ0) is 24.1. The van der Waals surface area contributed by atoms with Gasteiger partial charge in [0.25, 0.3) is 0 Å². The number of carbonyl (C=O) groups excluding carboxylic acids is 2. The highest BCUT2D eigenvalue weighted by atomic mass is 16.5. The Morgan fingerprint density at radius 3 is 2.35 bits per heavy atom. The summed E-state index contributed by atoms with van der Waals surface area (Å²) < 4.78 is 5.59. The Bertz CT molecular complexity index is 1010. The number of hydrogen-bond acceptors (Lipinski definition) is 4. The zero-order valence-corrected chi connectivity index (χ0v) is 19.5. The van der Waals surface area contributed by atoms with Crippen LogP contribution in [0.15, 0.2) is 48.5 Å². The molecule has 0 aromatic heterocycles. The Kier molecular flexibility index (Phi) is 7.50. The number of hydrogen-bond donors (Lipinski definition) is 2. The molecule has 1 saturated heterocycles. The smallest absolute Gasteiger partial charge is 0.407 e. The first-order chi connectivity index (χ1) is 16.5. The molecule has 2 N–H and O–H groups in total. The number of fused-ring (bicyclic) bond motifs is 3. The van der Waals surface area contributed by atoms with E-state index in [4.69, 9.17) is 9.84 Å². The molecular formula is C27H32N2O5. The van der Waals surface area contributed by atoms with Crippen LogP contribution >= 0.6 is 0 Å². The van der Waals surface area contributed by atoms with Gasteiger partial charge in [0.15, 0.2) is 0 Å². The van der Waals surface area contributed by atoms with Crippen molar-refractivity contribution in [3.8, 4) is 11.1 Å². The lowest BCUT2D eigenvalue weighted by Gasteiger charge is -2.28. The van der Waals surface area contributed by atoms with E-state index in [1.54, 1.807) is 4.90 Å². The normalized spacial score (nSPS) is 17.7. The predicted octanol–water partition coefficient (Wildman–Crippen LogP) is 4.41.